The molecule has 2 aromatic carbocycles. The van der Waals surface area contributed by atoms with Gasteiger partial charge < -0.3 is 37.2 Å². The molecule has 0 radical (unpaired) electrons. The second-order valence-corrected chi connectivity index (χ2v) is 7.94. The van der Waals surface area contributed by atoms with Crippen LogP contribution >= 0.6 is 27.7 Å². The molecule has 0 amide bonds. The minimum absolute atomic E-state index is 0. The van der Waals surface area contributed by atoms with Crippen LogP contribution in [0.25, 0.3) is 11.6 Å². The summed E-state index contributed by atoms with van der Waals surface area (Å²) in [6.45, 7) is 0. The Labute approximate surface area is 170 Å². The van der Waals surface area contributed by atoms with Gasteiger partial charge in [0.25, 0.3) is 0 Å². The molecule has 1 aliphatic heterocycles. The number of rotatable bonds is 0. The molecule has 0 aromatic heterocycles. The van der Waals surface area contributed by atoms with Crippen molar-refractivity contribution in [2.24, 2.45) is 0 Å². The van der Waals surface area contributed by atoms with Crippen LogP contribution in [-0.2, 0) is 24.7 Å². The number of fused-ring (bicyclic) bond motifs is 5. The molecular weight excluding hydrogens is 490 g/mol. The molecule has 1 heterocycles. The Hall–Kier alpha value is 0.763. The van der Waals surface area contributed by atoms with Crippen molar-refractivity contribution in [1.82, 2.24) is 0 Å². The number of halogens is 4. The first kappa shape index (κ1) is 19.8. The number of hydrogen-bond acceptors (Lipinski definition) is 1. The maximum absolute atomic E-state index is 3.56. The van der Waals surface area contributed by atoms with Crippen LogP contribution in [0.2, 0.25) is 0 Å². The smallest absolute Gasteiger partial charge is 1.00 e. The normalized spacial score (nSPS) is 16.5. The summed E-state index contributed by atoms with van der Waals surface area (Å²) in [5, 5.41) is 0.518. The summed E-state index contributed by atoms with van der Waals surface area (Å²) >= 11 is 7.06. The SMILES string of the molecule is Brc1ccc2c(c1)C=C1c3[c]([Zr+3])cccc3SC12.[Cl-].[Cl-].[Cl-]. The molecule has 0 saturated carbocycles. The molecule has 1 unspecified atom stereocenters. The molecule has 1 aliphatic carbocycles. The van der Waals surface area contributed by atoms with Gasteiger partial charge in [0.15, 0.2) is 0 Å². The van der Waals surface area contributed by atoms with Crippen LogP contribution in [0.1, 0.15) is 21.9 Å². The van der Waals surface area contributed by atoms with Gasteiger partial charge in [-0.25, -0.2) is 0 Å². The summed E-state index contributed by atoms with van der Waals surface area (Å²) in [5.41, 5.74) is 5.85. The topological polar surface area (TPSA) is 0 Å². The first-order valence-corrected chi connectivity index (χ1v) is 8.67. The third-order valence-electron chi connectivity index (χ3n) is 3.48. The summed E-state index contributed by atoms with van der Waals surface area (Å²) < 4.78 is 2.65. The Morgan fingerprint density at radius 2 is 1.81 bits per heavy atom. The standard InChI is InChI=1S/C15H8BrS.3ClH.Zr/c16-10-5-6-11-9(7-10)8-13-12-3-1-2-4-14(12)17-15(11)13;;;;/h1-2,4-8,15H;3*1H;/q;;;;+3/p-3. The monoisotopic (exact) mass is 494 g/mol. The van der Waals surface area contributed by atoms with Crippen molar-refractivity contribution < 1.29 is 61.9 Å². The average molecular weight is 498 g/mol. The van der Waals surface area contributed by atoms with E-state index < -0.39 is 0 Å². The minimum atomic E-state index is 0. The molecule has 106 valence electrons. The summed E-state index contributed by atoms with van der Waals surface area (Å²) in [6.07, 6.45) is 2.37. The van der Waals surface area contributed by atoms with Crippen LogP contribution in [0, 0.1) is 0 Å². The predicted octanol–water partition coefficient (Wildman–Crippen LogP) is -4.67. The Kier molecular flexibility index (Phi) is 7.13. The maximum Gasteiger partial charge on any atom is -1.00 e. The van der Waals surface area contributed by atoms with Crippen molar-refractivity contribution in [1.29, 1.82) is 0 Å². The van der Waals surface area contributed by atoms with Gasteiger partial charge in [0.05, 0.1) is 0 Å². The van der Waals surface area contributed by atoms with Gasteiger partial charge in [0.1, 0.15) is 0 Å². The zero-order valence-corrected chi connectivity index (χ0v) is 17.7. The van der Waals surface area contributed by atoms with E-state index in [9.17, 15) is 0 Å². The number of thioether (sulfide) groups is 1. The van der Waals surface area contributed by atoms with Crippen LogP contribution in [0.3, 0.4) is 0 Å². The van der Waals surface area contributed by atoms with Crippen molar-refractivity contribution in [3.05, 3.63) is 57.6 Å². The molecule has 1 atom stereocenters. The van der Waals surface area contributed by atoms with E-state index in [4.69, 9.17) is 0 Å². The first-order valence-electron chi connectivity index (χ1n) is 5.77. The van der Waals surface area contributed by atoms with Gasteiger partial charge in [-0.15, -0.1) is 0 Å². The second-order valence-electron chi connectivity index (χ2n) is 4.55. The fraction of sp³-hybridized carbons (Fsp3) is 0.0667. The third kappa shape index (κ3) is 3.20. The van der Waals surface area contributed by atoms with Gasteiger partial charge >= 0.3 is 135 Å². The molecule has 2 aromatic rings. The zero-order valence-electron chi connectivity index (χ0n) is 10.5. The van der Waals surface area contributed by atoms with E-state index in [1.807, 2.05) is 11.8 Å². The molecule has 0 spiro atoms. The average Bonchev–Trinajstić information content (AvgIpc) is 2.84. The molecular formula is C15H8BrCl3SZr. The molecule has 0 saturated heterocycles. The molecule has 6 heteroatoms. The van der Waals surface area contributed by atoms with E-state index in [-0.39, 0.29) is 37.2 Å². The van der Waals surface area contributed by atoms with E-state index in [0.29, 0.717) is 5.25 Å². The van der Waals surface area contributed by atoms with Crippen molar-refractivity contribution in [2.45, 2.75) is 10.1 Å². The number of hydrogen-bond donors (Lipinski definition) is 0. The number of benzene rings is 2. The van der Waals surface area contributed by atoms with Gasteiger partial charge in [0, 0.05) is 0 Å². The van der Waals surface area contributed by atoms with Crippen LogP contribution < -0.4 is 40.5 Å². The summed E-state index contributed by atoms with van der Waals surface area (Å²) in [5.74, 6) is 0. The first-order chi connectivity index (χ1) is 8.74. The molecule has 4 rings (SSSR count). The Balaban J connectivity index is 0.000000735. The van der Waals surface area contributed by atoms with Crippen molar-refractivity contribution in [3.8, 4) is 0 Å². The Morgan fingerprint density at radius 3 is 2.57 bits per heavy atom. The summed E-state index contributed by atoms with van der Waals surface area (Å²) in [7, 11) is 0. The zero-order chi connectivity index (χ0) is 12.3. The van der Waals surface area contributed by atoms with Gasteiger partial charge in [-0.1, -0.05) is 0 Å². The van der Waals surface area contributed by atoms with Crippen LogP contribution in [0.15, 0.2) is 45.8 Å². The summed E-state index contributed by atoms with van der Waals surface area (Å²) in [4.78, 5) is 1.45. The fourth-order valence-electron chi connectivity index (χ4n) is 2.70. The van der Waals surface area contributed by atoms with E-state index in [1.54, 1.807) is 0 Å². The molecule has 0 N–H and O–H groups in total. The Morgan fingerprint density at radius 1 is 1.05 bits per heavy atom. The van der Waals surface area contributed by atoms with Crippen LogP contribution in [-0.4, -0.2) is 0 Å². The van der Waals surface area contributed by atoms with Crippen LogP contribution in [0.5, 0.6) is 0 Å². The van der Waals surface area contributed by atoms with Crippen molar-refractivity contribution in [2.75, 3.05) is 0 Å². The van der Waals surface area contributed by atoms with Gasteiger partial charge in [0.2, 0.25) is 0 Å². The quantitative estimate of drug-likeness (QED) is 0.353. The summed E-state index contributed by atoms with van der Waals surface area (Å²) in [6, 6.07) is 13.3. The predicted molar refractivity (Wildman–Crippen MR) is 76.7 cm³/mol. The van der Waals surface area contributed by atoms with Crippen molar-refractivity contribution in [3.63, 3.8) is 0 Å². The molecule has 21 heavy (non-hydrogen) atoms. The van der Waals surface area contributed by atoms with E-state index in [0.717, 1.165) is 0 Å². The largest absolute Gasteiger partial charge is 1.00 e. The van der Waals surface area contributed by atoms with Gasteiger partial charge in [-0.3, -0.25) is 0 Å². The third-order valence-corrected chi connectivity index (χ3v) is 6.34. The van der Waals surface area contributed by atoms with E-state index in [1.165, 1.54) is 59.6 Å². The Bertz CT molecular complexity index is 718. The van der Waals surface area contributed by atoms with Gasteiger partial charge in [-0.05, 0) is 0 Å². The van der Waals surface area contributed by atoms with Gasteiger partial charge in [-0.2, -0.15) is 0 Å². The maximum atomic E-state index is 3.56. The van der Waals surface area contributed by atoms with Crippen molar-refractivity contribution >= 4 is 42.6 Å². The molecule has 0 fully saturated rings. The molecule has 0 nitrogen and oxygen atoms in total. The van der Waals surface area contributed by atoms with Crippen LogP contribution in [0.4, 0.5) is 0 Å². The fourth-order valence-corrected chi connectivity index (χ4v) is 5.64. The minimum Gasteiger partial charge on any atom is -1.00 e. The van der Waals surface area contributed by atoms with E-state index in [2.05, 4.69) is 58.4 Å². The molecule has 0 bridgehead atoms. The second kappa shape index (κ2) is 7.55. The molecule has 2 aliphatic rings. The van der Waals surface area contributed by atoms with E-state index >= 15 is 0 Å².